The second kappa shape index (κ2) is 5.58. The van der Waals surface area contributed by atoms with Gasteiger partial charge in [-0.2, -0.15) is 0 Å². The lowest BCUT2D eigenvalue weighted by molar-refractivity contribution is 0.405. The average Bonchev–Trinajstić information content (AvgIpc) is 3.01. The van der Waals surface area contributed by atoms with Crippen LogP contribution in [0.5, 0.6) is 5.75 Å². The summed E-state index contributed by atoms with van der Waals surface area (Å²) in [4.78, 5) is 2.98. The van der Waals surface area contributed by atoms with Gasteiger partial charge in [-0.15, -0.1) is 11.3 Å². The molecule has 0 amide bonds. The summed E-state index contributed by atoms with van der Waals surface area (Å²) in [5.74, 6) is 0.962. The zero-order valence-corrected chi connectivity index (χ0v) is 13.1. The normalized spacial score (nSPS) is 15.2. The highest BCUT2D eigenvalue weighted by Gasteiger charge is 2.22. The van der Waals surface area contributed by atoms with Crippen LogP contribution < -0.4 is 10.1 Å². The van der Waals surface area contributed by atoms with Crippen LogP contribution in [0.15, 0.2) is 24.3 Å². The number of aryl methyl sites for hydroxylation is 3. The molecule has 106 valence electrons. The number of rotatable bonds is 4. The molecular formula is C17H21NOS. The molecule has 1 aromatic carbocycles. The third-order valence-electron chi connectivity index (χ3n) is 4.04. The van der Waals surface area contributed by atoms with E-state index in [1.807, 2.05) is 18.4 Å². The van der Waals surface area contributed by atoms with Gasteiger partial charge < -0.3 is 10.1 Å². The standard InChI is InChI=1S/C17H21NOS/c1-11-7-8-14(19-3)13(9-11)17(18-2)16-10-12-5-4-6-15(12)20-16/h7-10,17-18H,4-6H2,1-3H3. The molecule has 0 aliphatic heterocycles. The van der Waals surface area contributed by atoms with Gasteiger partial charge >= 0.3 is 0 Å². The van der Waals surface area contributed by atoms with E-state index in [9.17, 15) is 0 Å². The minimum atomic E-state index is 0.223. The Balaban J connectivity index is 2.02. The maximum atomic E-state index is 5.55. The molecule has 3 rings (SSSR count). The van der Waals surface area contributed by atoms with Gasteiger partial charge in [0, 0.05) is 15.3 Å². The van der Waals surface area contributed by atoms with E-state index in [0.717, 1.165) is 5.75 Å². The topological polar surface area (TPSA) is 21.3 Å². The number of fused-ring (bicyclic) bond motifs is 1. The summed E-state index contributed by atoms with van der Waals surface area (Å²) in [7, 11) is 3.77. The van der Waals surface area contributed by atoms with Crippen molar-refractivity contribution in [1.82, 2.24) is 5.32 Å². The van der Waals surface area contributed by atoms with E-state index in [0.29, 0.717) is 0 Å². The zero-order chi connectivity index (χ0) is 14.1. The van der Waals surface area contributed by atoms with Crippen molar-refractivity contribution in [3.8, 4) is 5.75 Å². The van der Waals surface area contributed by atoms with Gasteiger partial charge in [0.25, 0.3) is 0 Å². The van der Waals surface area contributed by atoms with Crippen LogP contribution in [0.4, 0.5) is 0 Å². The Morgan fingerprint density at radius 2 is 2.10 bits per heavy atom. The lowest BCUT2D eigenvalue weighted by Crippen LogP contribution is -2.17. The first kappa shape index (κ1) is 13.7. The molecule has 3 heteroatoms. The highest BCUT2D eigenvalue weighted by molar-refractivity contribution is 7.12. The average molecular weight is 287 g/mol. The molecule has 0 radical (unpaired) electrons. The van der Waals surface area contributed by atoms with E-state index < -0.39 is 0 Å². The Morgan fingerprint density at radius 1 is 1.25 bits per heavy atom. The first-order valence-electron chi connectivity index (χ1n) is 7.16. The molecule has 1 atom stereocenters. The van der Waals surface area contributed by atoms with Crippen LogP contribution in [0.1, 0.15) is 38.9 Å². The fourth-order valence-electron chi connectivity index (χ4n) is 3.02. The van der Waals surface area contributed by atoms with Crippen LogP contribution in [-0.2, 0) is 12.8 Å². The highest BCUT2D eigenvalue weighted by Crippen LogP contribution is 2.38. The van der Waals surface area contributed by atoms with E-state index in [1.165, 1.54) is 35.3 Å². The van der Waals surface area contributed by atoms with Gasteiger partial charge in [-0.1, -0.05) is 17.7 Å². The summed E-state index contributed by atoms with van der Waals surface area (Å²) in [6, 6.07) is 9.00. The van der Waals surface area contributed by atoms with Gasteiger partial charge in [0.2, 0.25) is 0 Å². The summed E-state index contributed by atoms with van der Waals surface area (Å²) in [5, 5.41) is 3.46. The van der Waals surface area contributed by atoms with Gasteiger partial charge in [-0.05, 0) is 50.9 Å². The quantitative estimate of drug-likeness (QED) is 0.922. The van der Waals surface area contributed by atoms with Gasteiger partial charge in [0.05, 0.1) is 13.2 Å². The Bertz CT molecular complexity index is 596. The van der Waals surface area contributed by atoms with Crippen LogP contribution in [0.3, 0.4) is 0 Å². The molecule has 1 N–H and O–H groups in total. The maximum absolute atomic E-state index is 5.55. The molecule has 0 saturated heterocycles. The Hall–Kier alpha value is -1.32. The highest BCUT2D eigenvalue weighted by atomic mass is 32.1. The molecule has 1 aliphatic rings. The molecule has 2 nitrogen and oxygen atoms in total. The zero-order valence-electron chi connectivity index (χ0n) is 12.3. The van der Waals surface area contributed by atoms with E-state index in [-0.39, 0.29) is 6.04 Å². The summed E-state index contributed by atoms with van der Waals surface area (Å²) in [5.41, 5.74) is 4.05. The predicted octanol–water partition coefficient (Wildman–Crippen LogP) is 3.86. The molecule has 20 heavy (non-hydrogen) atoms. The van der Waals surface area contributed by atoms with Crippen molar-refractivity contribution in [2.24, 2.45) is 0 Å². The van der Waals surface area contributed by atoms with E-state index in [1.54, 1.807) is 17.6 Å². The third kappa shape index (κ3) is 2.36. The molecule has 1 aliphatic carbocycles. The van der Waals surface area contributed by atoms with Crippen molar-refractivity contribution in [2.75, 3.05) is 14.2 Å². The summed E-state index contributed by atoms with van der Waals surface area (Å²) in [6.45, 7) is 2.13. The summed E-state index contributed by atoms with van der Waals surface area (Å²) < 4.78 is 5.55. The molecule has 1 heterocycles. The lowest BCUT2D eigenvalue weighted by atomic mass is 10.0. The largest absolute Gasteiger partial charge is 0.496 e. The molecule has 0 bridgehead atoms. The van der Waals surface area contributed by atoms with Crippen LogP contribution in [0.2, 0.25) is 0 Å². The Kier molecular flexibility index (Phi) is 3.81. The van der Waals surface area contributed by atoms with Crippen molar-refractivity contribution < 1.29 is 4.74 Å². The molecule has 0 fully saturated rings. The van der Waals surface area contributed by atoms with Gasteiger partial charge in [-0.25, -0.2) is 0 Å². The van der Waals surface area contributed by atoms with Gasteiger partial charge in [0.15, 0.2) is 0 Å². The summed E-state index contributed by atoms with van der Waals surface area (Å²) in [6.07, 6.45) is 3.81. The molecule has 1 unspecified atom stereocenters. The number of nitrogens with one attached hydrogen (secondary N) is 1. The monoisotopic (exact) mass is 287 g/mol. The second-order valence-corrected chi connectivity index (χ2v) is 6.59. The van der Waals surface area contributed by atoms with Crippen molar-refractivity contribution in [3.63, 3.8) is 0 Å². The van der Waals surface area contributed by atoms with Gasteiger partial charge in [-0.3, -0.25) is 0 Å². The van der Waals surface area contributed by atoms with E-state index >= 15 is 0 Å². The van der Waals surface area contributed by atoms with Crippen molar-refractivity contribution >= 4 is 11.3 Å². The maximum Gasteiger partial charge on any atom is 0.124 e. The predicted molar refractivity (Wildman–Crippen MR) is 85.0 cm³/mol. The molecular weight excluding hydrogens is 266 g/mol. The first-order valence-corrected chi connectivity index (χ1v) is 7.98. The number of ether oxygens (including phenoxy) is 1. The second-order valence-electron chi connectivity index (χ2n) is 5.42. The molecule has 0 spiro atoms. The fraction of sp³-hybridized carbons (Fsp3) is 0.412. The number of thiophene rings is 1. The smallest absolute Gasteiger partial charge is 0.124 e. The number of methoxy groups -OCH3 is 1. The Morgan fingerprint density at radius 3 is 2.80 bits per heavy atom. The number of hydrogen-bond donors (Lipinski definition) is 1. The van der Waals surface area contributed by atoms with Crippen LogP contribution in [-0.4, -0.2) is 14.2 Å². The van der Waals surface area contributed by atoms with E-state index in [2.05, 4.69) is 36.5 Å². The van der Waals surface area contributed by atoms with Crippen LogP contribution >= 0.6 is 11.3 Å². The summed E-state index contributed by atoms with van der Waals surface area (Å²) >= 11 is 1.96. The molecule has 2 aromatic rings. The van der Waals surface area contributed by atoms with Crippen molar-refractivity contribution in [1.29, 1.82) is 0 Å². The van der Waals surface area contributed by atoms with Crippen molar-refractivity contribution in [3.05, 3.63) is 50.7 Å². The minimum absolute atomic E-state index is 0.223. The third-order valence-corrected chi connectivity index (χ3v) is 5.34. The first-order chi connectivity index (χ1) is 9.72. The SMILES string of the molecule is CNC(c1cc2c(s1)CCC2)c1cc(C)ccc1OC. The molecule has 0 saturated carbocycles. The minimum Gasteiger partial charge on any atom is -0.496 e. The van der Waals surface area contributed by atoms with Crippen molar-refractivity contribution in [2.45, 2.75) is 32.2 Å². The van der Waals surface area contributed by atoms with Crippen LogP contribution in [0, 0.1) is 6.92 Å². The lowest BCUT2D eigenvalue weighted by Gasteiger charge is -2.19. The Labute approximate surface area is 124 Å². The van der Waals surface area contributed by atoms with E-state index in [4.69, 9.17) is 4.74 Å². The van der Waals surface area contributed by atoms with Crippen LogP contribution in [0.25, 0.3) is 0 Å². The fourth-order valence-corrected chi connectivity index (χ4v) is 4.41. The number of benzene rings is 1. The number of hydrogen-bond acceptors (Lipinski definition) is 3. The molecule has 1 aromatic heterocycles. The van der Waals surface area contributed by atoms with Gasteiger partial charge in [0.1, 0.15) is 5.75 Å².